The van der Waals surface area contributed by atoms with Gasteiger partial charge in [-0.05, 0) is 31.2 Å². The maximum atomic E-state index is 13.6. The Morgan fingerprint density at radius 1 is 1.30 bits per heavy atom. The minimum absolute atomic E-state index is 0.193. The predicted molar refractivity (Wildman–Crippen MR) is 75.1 cm³/mol. The van der Waals surface area contributed by atoms with E-state index >= 15 is 0 Å². The Morgan fingerprint density at radius 2 is 2.05 bits per heavy atom. The van der Waals surface area contributed by atoms with Gasteiger partial charge >= 0.3 is 0 Å². The van der Waals surface area contributed by atoms with Crippen LogP contribution in [0.25, 0.3) is 0 Å². The van der Waals surface area contributed by atoms with Gasteiger partial charge in [-0.3, -0.25) is 0 Å². The molecule has 0 spiro atoms. The van der Waals surface area contributed by atoms with Crippen LogP contribution in [0.2, 0.25) is 0 Å². The van der Waals surface area contributed by atoms with Crippen molar-refractivity contribution >= 4 is 0 Å². The molecule has 2 aromatic rings. The first kappa shape index (κ1) is 14.4. The molecule has 4 nitrogen and oxygen atoms in total. The molecule has 0 aliphatic carbocycles. The first-order valence-corrected chi connectivity index (χ1v) is 6.58. The van der Waals surface area contributed by atoms with Gasteiger partial charge in [0, 0.05) is 23.5 Å². The lowest BCUT2D eigenvalue weighted by molar-refractivity contribution is 0.402. The van der Waals surface area contributed by atoms with Gasteiger partial charge in [-0.2, -0.15) is 0 Å². The second kappa shape index (κ2) is 6.96. The number of aromatic nitrogens is 2. The molecule has 0 aliphatic heterocycles. The summed E-state index contributed by atoms with van der Waals surface area (Å²) in [5.74, 6) is 0.352. The summed E-state index contributed by atoms with van der Waals surface area (Å²) in [6.07, 6.45) is 5.90. The standard InChI is InChI=1S/C15H18FN3O/c1-3-6-19-15(11-8-17-10-18-9-11)13-7-12(16)4-5-14(13)20-2/h4-5,7-10,15,19H,3,6H2,1-2H3. The van der Waals surface area contributed by atoms with Gasteiger partial charge in [0.25, 0.3) is 0 Å². The second-order valence-electron chi connectivity index (χ2n) is 4.45. The molecule has 1 unspecified atom stereocenters. The number of halogens is 1. The highest BCUT2D eigenvalue weighted by Gasteiger charge is 2.19. The van der Waals surface area contributed by atoms with E-state index in [1.54, 1.807) is 25.6 Å². The molecule has 0 radical (unpaired) electrons. The molecule has 0 bridgehead atoms. The maximum Gasteiger partial charge on any atom is 0.124 e. The molecular formula is C15H18FN3O. The van der Waals surface area contributed by atoms with E-state index in [2.05, 4.69) is 22.2 Å². The van der Waals surface area contributed by atoms with Crippen molar-refractivity contribution in [1.82, 2.24) is 15.3 Å². The fourth-order valence-electron chi connectivity index (χ4n) is 2.09. The van der Waals surface area contributed by atoms with Crippen molar-refractivity contribution in [3.05, 3.63) is 53.9 Å². The molecule has 5 heteroatoms. The predicted octanol–water partition coefficient (Wildman–Crippen LogP) is 2.71. The van der Waals surface area contributed by atoms with Gasteiger partial charge in [-0.15, -0.1) is 0 Å². The molecule has 0 fully saturated rings. The summed E-state index contributed by atoms with van der Waals surface area (Å²) in [6, 6.07) is 4.32. The number of nitrogens with zero attached hydrogens (tertiary/aromatic N) is 2. The largest absolute Gasteiger partial charge is 0.496 e. The Balaban J connectivity index is 2.43. The summed E-state index contributed by atoms with van der Waals surface area (Å²) in [6.45, 7) is 2.88. The van der Waals surface area contributed by atoms with Gasteiger partial charge in [-0.25, -0.2) is 14.4 Å². The van der Waals surface area contributed by atoms with Gasteiger partial charge in [0.2, 0.25) is 0 Å². The summed E-state index contributed by atoms with van der Waals surface area (Å²) < 4.78 is 18.9. The SMILES string of the molecule is CCCNC(c1cncnc1)c1cc(F)ccc1OC. The summed E-state index contributed by atoms with van der Waals surface area (Å²) >= 11 is 0. The van der Waals surface area contributed by atoms with Crippen LogP contribution in [0.3, 0.4) is 0 Å². The van der Waals surface area contributed by atoms with Crippen LogP contribution < -0.4 is 10.1 Å². The molecule has 0 amide bonds. The first-order chi connectivity index (χ1) is 9.76. The molecule has 0 saturated heterocycles. The van der Waals surface area contributed by atoms with Crippen molar-refractivity contribution < 1.29 is 9.13 Å². The van der Waals surface area contributed by atoms with Crippen LogP contribution in [-0.2, 0) is 0 Å². The van der Waals surface area contributed by atoms with Crippen molar-refractivity contribution in [2.75, 3.05) is 13.7 Å². The van der Waals surface area contributed by atoms with Gasteiger partial charge in [-0.1, -0.05) is 6.92 Å². The van der Waals surface area contributed by atoms with E-state index in [-0.39, 0.29) is 11.9 Å². The Hall–Kier alpha value is -2.01. The zero-order chi connectivity index (χ0) is 14.4. The molecule has 20 heavy (non-hydrogen) atoms. The van der Waals surface area contributed by atoms with E-state index in [1.807, 2.05) is 0 Å². The Morgan fingerprint density at radius 3 is 2.70 bits per heavy atom. The highest BCUT2D eigenvalue weighted by molar-refractivity contribution is 5.41. The zero-order valence-electron chi connectivity index (χ0n) is 11.6. The van der Waals surface area contributed by atoms with Crippen molar-refractivity contribution in [3.63, 3.8) is 0 Å². The molecule has 1 aromatic carbocycles. The van der Waals surface area contributed by atoms with E-state index in [0.717, 1.165) is 24.1 Å². The molecular weight excluding hydrogens is 257 g/mol. The number of rotatable bonds is 6. The van der Waals surface area contributed by atoms with Crippen molar-refractivity contribution in [2.45, 2.75) is 19.4 Å². The summed E-state index contributed by atoms with van der Waals surface area (Å²) in [5.41, 5.74) is 1.63. The first-order valence-electron chi connectivity index (χ1n) is 6.58. The van der Waals surface area contributed by atoms with Gasteiger partial charge in [0.1, 0.15) is 17.9 Å². The number of ether oxygens (including phenoxy) is 1. The van der Waals surface area contributed by atoms with Crippen LogP contribution in [0.5, 0.6) is 5.75 Å². The number of methoxy groups -OCH3 is 1. The Kier molecular flexibility index (Phi) is 5.01. The third-order valence-electron chi connectivity index (χ3n) is 3.02. The van der Waals surface area contributed by atoms with Crippen molar-refractivity contribution in [1.29, 1.82) is 0 Å². The fraction of sp³-hybridized carbons (Fsp3) is 0.333. The average molecular weight is 275 g/mol. The number of benzene rings is 1. The molecule has 1 aromatic heterocycles. The summed E-state index contributed by atoms with van der Waals surface area (Å²) in [7, 11) is 1.58. The van der Waals surface area contributed by atoms with E-state index in [0.29, 0.717) is 5.75 Å². The number of hydrogen-bond acceptors (Lipinski definition) is 4. The van der Waals surface area contributed by atoms with E-state index in [9.17, 15) is 4.39 Å². The lowest BCUT2D eigenvalue weighted by Gasteiger charge is -2.21. The van der Waals surface area contributed by atoms with Crippen molar-refractivity contribution in [2.24, 2.45) is 0 Å². The van der Waals surface area contributed by atoms with Crippen LogP contribution in [0.4, 0.5) is 4.39 Å². The van der Waals surface area contributed by atoms with Crippen LogP contribution in [0, 0.1) is 5.82 Å². The van der Waals surface area contributed by atoms with Crippen LogP contribution in [-0.4, -0.2) is 23.6 Å². The quantitative estimate of drug-likeness (QED) is 0.880. The molecule has 2 rings (SSSR count). The number of hydrogen-bond donors (Lipinski definition) is 1. The minimum Gasteiger partial charge on any atom is -0.496 e. The highest BCUT2D eigenvalue weighted by Crippen LogP contribution is 2.30. The van der Waals surface area contributed by atoms with Crippen LogP contribution in [0.15, 0.2) is 36.9 Å². The monoisotopic (exact) mass is 275 g/mol. The van der Waals surface area contributed by atoms with Gasteiger partial charge in [0.15, 0.2) is 0 Å². The minimum atomic E-state index is -0.291. The normalized spacial score (nSPS) is 12.2. The van der Waals surface area contributed by atoms with Gasteiger partial charge < -0.3 is 10.1 Å². The smallest absolute Gasteiger partial charge is 0.124 e. The van der Waals surface area contributed by atoms with Crippen molar-refractivity contribution in [3.8, 4) is 5.75 Å². The molecule has 1 atom stereocenters. The number of nitrogens with one attached hydrogen (secondary N) is 1. The third kappa shape index (κ3) is 3.30. The molecule has 1 heterocycles. The highest BCUT2D eigenvalue weighted by atomic mass is 19.1. The average Bonchev–Trinajstić information content (AvgIpc) is 2.49. The lowest BCUT2D eigenvalue weighted by atomic mass is 10.00. The van der Waals surface area contributed by atoms with Crippen LogP contribution >= 0.6 is 0 Å². The third-order valence-corrected chi connectivity index (χ3v) is 3.02. The second-order valence-corrected chi connectivity index (χ2v) is 4.45. The topological polar surface area (TPSA) is 47.0 Å². The molecule has 0 saturated carbocycles. The summed E-state index contributed by atoms with van der Waals surface area (Å²) in [5, 5.41) is 3.38. The van der Waals surface area contributed by atoms with E-state index in [1.165, 1.54) is 18.5 Å². The molecule has 106 valence electrons. The Labute approximate surface area is 118 Å². The van der Waals surface area contributed by atoms with Gasteiger partial charge in [0.05, 0.1) is 13.2 Å². The summed E-state index contributed by atoms with van der Waals surface area (Å²) in [4.78, 5) is 8.06. The Bertz CT molecular complexity index is 548. The molecule has 0 aliphatic rings. The van der Waals surface area contributed by atoms with E-state index < -0.39 is 0 Å². The van der Waals surface area contributed by atoms with Crippen LogP contribution in [0.1, 0.15) is 30.5 Å². The molecule has 1 N–H and O–H groups in total. The fourth-order valence-corrected chi connectivity index (χ4v) is 2.09. The maximum absolute atomic E-state index is 13.6. The zero-order valence-corrected chi connectivity index (χ0v) is 11.6. The van der Waals surface area contributed by atoms with E-state index in [4.69, 9.17) is 4.74 Å². The lowest BCUT2D eigenvalue weighted by Crippen LogP contribution is -2.24.